The lowest BCUT2D eigenvalue weighted by Gasteiger charge is -2.19. The van der Waals surface area contributed by atoms with E-state index in [0.717, 1.165) is 33.7 Å². The summed E-state index contributed by atoms with van der Waals surface area (Å²) < 4.78 is 14.1. The monoisotopic (exact) mass is 338 g/mol. The van der Waals surface area contributed by atoms with Crippen LogP contribution in [0.4, 0.5) is 0 Å². The lowest BCUT2D eigenvalue weighted by Crippen LogP contribution is -2.31. The van der Waals surface area contributed by atoms with Gasteiger partial charge in [-0.2, -0.15) is 4.57 Å². The van der Waals surface area contributed by atoms with Gasteiger partial charge in [-0.25, -0.2) is 0 Å². The van der Waals surface area contributed by atoms with Gasteiger partial charge in [-0.15, -0.1) is 0 Å². The average Bonchev–Trinajstić information content (AvgIpc) is 3.06. The number of hydrogen-bond donors (Lipinski definition) is 0. The highest BCUT2D eigenvalue weighted by atomic mass is 16.5. The Bertz CT molecular complexity index is 1380. The van der Waals surface area contributed by atoms with Gasteiger partial charge in [0, 0.05) is 6.07 Å². The van der Waals surface area contributed by atoms with E-state index in [1.807, 2.05) is 12.3 Å². The van der Waals surface area contributed by atoms with Crippen molar-refractivity contribution in [1.29, 1.82) is 0 Å². The summed E-state index contributed by atoms with van der Waals surface area (Å²) in [5.41, 5.74) is 4.39. The molecular weight excluding hydrogens is 322 g/mol. The number of nitrogens with zero attached hydrogens (tertiary/aromatic N) is 1. The van der Waals surface area contributed by atoms with Crippen molar-refractivity contribution < 1.29 is 13.7 Å². The SMILES string of the molecule is Cc1c2c(cc3cc4ccccc4cc13)Oc1coc3cc[n+](C)c-2c13. The number of hydrogen-bond acceptors (Lipinski definition) is 2. The molecule has 0 unspecified atom stereocenters. The quantitative estimate of drug-likeness (QED) is 0.264. The summed E-state index contributed by atoms with van der Waals surface area (Å²) in [6.45, 7) is 2.18. The fourth-order valence-corrected chi connectivity index (χ4v) is 4.25. The molecule has 1 aliphatic heterocycles. The second-order valence-corrected chi connectivity index (χ2v) is 7.01. The number of furan rings is 1. The number of fused-ring (bicyclic) bond motifs is 4. The van der Waals surface area contributed by atoms with E-state index < -0.39 is 0 Å². The zero-order valence-corrected chi connectivity index (χ0v) is 14.5. The fraction of sp³-hybridized carbons (Fsp3) is 0.0870. The Morgan fingerprint density at radius 3 is 2.54 bits per heavy atom. The second kappa shape index (κ2) is 4.64. The van der Waals surface area contributed by atoms with Crippen LogP contribution in [0.2, 0.25) is 0 Å². The second-order valence-electron chi connectivity index (χ2n) is 7.01. The summed E-state index contributed by atoms with van der Waals surface area (Å²) in [5.74, 6) is 1.68. The molecule has 3 heterocycles. The Morgan fingerprint density at radius 1 is 0.885 bits per heavy atom. The normalized spacial score (nSPS) is 12.5. The van der Waals surface area contributed by atoms with Gasteiger partial charge in [0.15, 0.2) is 17.5 Å². The topological polar surface area (TPSA) is 26.2 Å². The molecule has 0 saturated carbocycles. The largest absolute Gasteiger partial charge is 0.460 e. The van der Waals surface area contributed by atoms with Gasteiger partial charge >= 0.3 is 0 Å². The van der Waals surface area contributed by atoms with E-state index in [0.29, 0.717) is 0 Å². The third-order valence-electron chi connectivity index (χ3n) is 5.51. The van der Waals surface area contributed by atoms with Crippen LogP contribution in [-0.2, 0) is 7.05 Å². The Morgan fingerprint density at radius 2 is 1.69 bits per heavy atom. The standard InChI is InChI=1S/C23H16NO2/c1-13-17-10-15-6-4-3-5-14(15)9-16(17)11-19-21(13)23-22-18(7-8-24(23)2)25-12-20(22)26-19/h3-12H,1-2H3/q+1. The van der Waals surface area contributed by atoms with Gasteiger partial charge in [0.2, 0.25) is 5.69 Å². The Kier molecular flexibility index (Phi) is 2.48. The number of aromatic nitrogens is 1. The molecule has 0 aliphatic carbocycles. The molecule has 2 aromatic heterocycles. The van der Waals surface area contributed by atoms with Crippen LogP contribution >= 0.6 is 0 Å². The molecule has 3 heteroatoms. The van der Waals surface area contributed by atoms with Gasteiger partial charge in [-0.1, -0.05) is 24.3 Å². The van der Waals surface area contributed by atoms with Crippen LogP contribution in [0.1, 0.15) is 5.56 Å². The Hall–Kier alpha value is -3.33. The van der Waals surface area contributed by atoms with Gasteiger partial charge < -0.3 is 9.15 Å². The predicted octanol–water partition coefficient (Wildman–Crippen LogP) is 5.64. The van der Waals surface area contributed by atoms with Crippen LogP contribution in [0.5, 0.6) is 11.5 Å². The van der Waals surface area contributed by atoms with E-state index in [-0.39, 0.29) is 0 Å². The zero-order valence-electron chi connectivity index (χ0n) is 14.5. The first-order chi connectivity index (χ1) is 12.7. The summed E-state index contributed by atoms with van der Waals surface area (Å²) in [7, 11) is 2.07. The van der Waals surface area contributed by atoms with Crippen molar-refractivity contribution >= 4 is 32.5 Å². The smallest absolute Gasteiger partial charge is 0.231 e. The van der Waals surface area contributed by atoms with Crippen molar-refractivity contribution in [1.82, 2.24) is 0 Å². The lowest BCUT2D eigenvalue weighted by molar-refractivity contribution is -0.659. The maximum atomic E-state index is 6.24. The zero-order chi connectivity index (χ0) is 17.4. The van der Waals surface area contributed by atoms with Crippen molar-refractivity contribution in [3.63, 3.8) is 0 Å². The van der Waals surface area contributed by atoms with Crippen LogP contribution < -0.4 is 9.30 Å². The molecule has 1 aliphatic rings. The molecule has 0 amide bonds. The maximum Gasteiger partial charge on any atom is 0.231 e. The third-order valence-corrected chi connectivity index (χ3v) is 5.51. The van der Waals surface area contributed by atoms with Gasteiger partial charge in [0.05, 0.1) is 5.56 Å². The van der Waals surface area contributed by atoms with E-state index in [9.17, 15) is 0 Å². The molecule has 0 fully saturated rings. The van der Waals surface area contributed by atoms with Crippen molar-refractivity contribution in [3.8, 4) is 22.8 Å². The number of benzene rings is 3. The number of aryl methyl sites for hydroxylation is 2. The van der Waals surface area contributed by atoms with Gasteiger partial charge in [0.1, 0.15) is 24.4 Å². The fourth-order valence-electron chi connectivity index (χ4n) is 4.25. The minimum absolute atomic E-state index is 0.790. The van der Waals surface area contributed by atoms with E-state index >= 15 is 0 Å². The average molecular weight is 338 g/mol. The molecule has 0 N–H and O–H groups in total. The van der Waals surface area contributed by atoms with Gasteiger partial charge in [0.25, 0.3) is 0 Å². The maximum absolute atomic E-state index is 6.24. The minimum Gasteiger partial charge on any atom is -0.460 e. The molecule has 0 radical (unpaired) electrons. The summed E-state index contributed by atoms with van der Waals surface area (Å²) in [6.07, 6.45) is 3.75. The van der Waals surface area contributed by atoms with Crippen molar-refractivity contribution in [2.75, 3.05) is 0 Å². The van der Waals surface area contributed by atoms with E-state index in [1.54, 1.807) is 6.26 Å². The van der Waals surface area contributed by atoms with Crippen molar-refractivity contribution in [3.05, 3.63) is 66.6 Å². The molecule has 3 nitrogen and oxygen atoms in total. The van der Waals surface area contributed by atoms with Crippen molar-refractivity contribution in [2.24, 2.45) is 7.05 Å². The highest BCUT2D eigenvalue weighted by molar-refractivity contribution is 6.07. The molecular formula is C23H16NO2+. The Labute approximate surface area is 150 Å². The molecule has 3 aromatic carbocycles. The summed E-state index contributed by atoms with van der Waals surface area (Å²) in [5, 5.41) is 6.00. The molecule has 6 rings (SSSR count). The van der Waals surface area contributed by atoms with Crippen LogP contribution in [0.3, 0.4) is 0 Å². The molecule has 0 atom stereocenters. The molecule has 0 bridgehead atoms. The number of pyridine rings is 1. The Balaban J connectivity index is 1.80. The van der Waals surface area contributed by atoms with Crippen LogP contribution in [0.25, 0.3) is 43.8 Å². The first kappa shape index (κ1) is 13.9. The highest BCUT2D eigenvalue weighted by Gasteiger charge is 2.31. The van der Waals surface area contributed by atoms with Gasteiger partial charge in [-0.05, 0) is 52.2 Å². The van der Waals surface area contributed by atoms with Crippen molar-refractivity contribution in [2.45, 2.75) is 6.92 Å². The minimum atomic E-state index is 0.790. The van der Waals surface area contributed by atoms with Crippen LogP contribution in [0, 0.1) is 6.92 Å². The molecule has 0 spiro atoms. The third kappa shape index (κ3) is 1.65. The first-order valence-corrected chi connectivity index (χ1v) is 8.75. The number of ether oxygens (including phenoxy) is 1. The number of rotatable bonds is 0. The lowest BCUT2D eigenvalue weighted by atomic mass is 9.92. The van der Waals surface area contributed by atoms with E-state index in [4.69, 9.17) is 9.15 Å². The summed E-state index contributed by atoms with van der Waals surface area (Å²) >= 11 is 0. The van der Waals surface area contributed by atoms with E-state index in [1.165, 1.54) is 27.1 Å². The molecule has 26 heavy (non-hydrogen) atoms. The molecule has 124 valence electrons. The van der Waals surface area contributed by atoms with Crippen LogP contribution in [-0.4, -0.2) is 0 Å². The first-order valence-electron chi connectivity index (χ1n) is 8.75. The summed E-state index contributed by atoms with van der Waals surface area (Å²) in [6, 6.07) is 17.1. The summed E-state index contributed by atoms with van der Waals surface area (Å²) in [4.78, 5) is 0. The highest BCUT2D eigenvalue weighted by Crippen LogP contribution is 2.49. The van der Waals surface area contributed by atoms with Gasteiger partial charge in [-0.3, -0.25) is 0 Å². The molecule has 0 saturated heterocycles. The molecule has 5 aromatic rings. The predicted molar refractivity (Wildman–Crippen MR) is 103 cm³/mol. The van der Waals surface area contributed by atoms with E-state index in [2.05, 4.69) is 61.0 Å². The van der Waals surface area contributed by atoms with Crippen LogP contribution in [0.15, 0.2) is 65.4 Å².